The van der Waals surface area contributed by atoms with Crippen LogP contribution in [-0.4, -0.2) is 80.2 Å². The number of carbonyl (C=O) groups excluding carboxylic acids is 2. The molecule has 2 amide bonds. The molecule has 1 saturated heterocycles. The Morgan fingerprint density at radius 1 is 0.971 bits per heavy atom. The predicted molar refractivity (Wildman–Crippen MR) is 133 cm³/mol. The van der Waals surface area contributed by atoms with Gasteiger partial charge in [-0.05, 0) is 30.7 Å². The summed E-state index contributed by atoms with van der Waals surface area (Å²) >= 11 is 0. The quantitative estimate of drug-likeness (QED) is 0.588. The lowest BCUT2D eigenvalue weighted by molar-refractivity contribution is -0.132. The number of carbonyl (C=O) groups is 2. The zero-order valence-corrected chi connectivity index (χ0v) is 21.0. The summed E-state index contributed by atoms with van der Waals surface area (Å²) in [7, 11) is -3.59. The Morgan fingerprint density at radius 2 is 1.62 bits per heavy atom. The molecule has 8 nitrogen and oxygen atoms in total. The second kappa shape index (κ2) is 11.6. The van der Waals surface area contributed by atoms with Crippen LogP contribution in [0.2, 0.25) is 0 Å². The first-order valence-electron chi connectivity index (χ1n) is 11.7. The highest BCUT2D eigenvalue weighted by Crippen LogP contribution is 2.19. The molecule has 0 unspecified atom stereocenters. The molecule has 0 bridgehead atoms. The molecule has 2 aromatic rings. The molecule has 1 heterocycles. The summed E-state index contributed by atoms with van der Waals surface area (Å²) < 4.78 is 26.9. The molecular formula is C25H34N4O4S. The molecule has 0 aliphatic carbocycles. The fraction of sp³-hybridized carbons (Fsp3) is 0.440. The van der Waals surface area contributed by atoms with E-state index in [9.17, 15) is 18.0 Å². The number of sulfonamides is 1. The van der Waals surface area contributed by atoms with Crippen molar-refractivity contribution >= 4 is 27.5 Å². The minimum atomic E-state index is -3.59. The summed E-state index contributed by atoms with van der Waals surface area (Å²) in [5.41, 5.74) is 2.62. The van der Waals surface area contributed by atoms with E-state index in [1.807, 2.05) is 41.0 Å². The second-order valence-electron chi connectivity index (χ2n) is 8.48. The maximum absolute atomic E-state index is 12.7. The maximum Gasteiger partial charge on any atom is 0.243 e. The van der Waals surface area contributed by atoms with Gasteiger partial charge in [0.2, 0.25) is 21.8 Å². The van der Waals surface area contributed by atoms with Crippen molar-refractivity contribution in [3.63, 3.8) is 0 Å². The van der Waals surface area contributed by atoms with Crippen molar-refractivity contribution in [2.45, 2.75) is 32.1 Å². The molecule has 2 aromatic carbocycles. The van der Waals surface area contributed by atoms with E-state index >= 15 is 0 Å². The normalized spacial score (nSPS) is 14.9. The van der Waals surface area contributed by atoms with Crippen molar-refractivity contribution in [3.05, 3.63) is 59.7 Å². The van der Waals surface area contributed by atoms with E-state index in [1.165, 1.54) is 22.0 Å². The van der Waals surface area contributed by atoms with E-state index in [-0.39, 0.29) is 23.3 Å². The van der Waals surface area contributed by atoms with Gasteiger partial charge in [0.05, 0.1) is 17.9 Å². The summed E-state index contributed by atoms with van der Waals surface area (Å²) in [6.45, 7) is 8.95. The minimum Gasteiger partial charge on any atom is -0.340 e. The van der Waals surface area contributed by atoms with Crippen molar-refractivity contribution in [1.29, 1.82) is 0 Å². The van der Waals surface area contributed by atoms with Gasteiger partial charge in [0.1, 0.15) is 0 Å². The van der Waals surface area contributed by atoms with E-state index in [0.717, 1.165) is 5.56 Å². The van der Waals surface area contributed by atoms with Gasteiger partial charge in [-0.25, -0.2) is 8.42 Å². The predicted octanol–water partition coefficient (Wildman–Crippen LogP) is 2.35. The summed E-state index contributed by atoms with van der Waals surface area (Å²) in [4.78, 5) is 29.2. The van der Waals surface area contributed by atoms with Crippen molar-refractivity contribution in [3.8, 4) is 0 Å². The number of hydrogen-bond donors (Lipinski definition) is 1. The van der Waals surface area contributed by atoms with Gasteiger partial charge in [-0.3, -0.25) is 14.5 Å². The van der Waals surface area contributed by atoms with Crippen LogP contribution >= 0.6 is 0 Å². The van der Waals surface area contributed by atoms with Crippen LogP contribution in [0.5, 0.6) is 0 Å². The van der Waals surface area contributed by atoms with Gasteiger partial charge in [0.15, 0.2) is 0 Å². The molecule has 1 aliphatic rings. The highest BCUT2D eigenvalue weighted by molar-refractivity contribution is 7.89. The van der Waals surface area contributed by atoms with E-state index in [1.54, 1.807) is 26.0 Å². The van der Waals surface area contributed by atoms with Crippen LogP contribution in [-0.2, 0) is 26.0 Å². The fourth-order valence-electron chi connectivity index (χ4n) is 4.00. The number of hydrogen-bond acceptors (Lipinski definition) is 5. The highest BCUT2D eigenvalue weighted by Gasteiger charge is 2.24. The van der Waals surface area contributed by atoms with E-state index < -0.39 is 10.0 Å². The van der Waals surface area contributed by atoms with Crippen LogP contribution in [0, 0.1) is 6.92 Å². The fourth-order valence-corrected chi connectivity index (χ4v) is 5.50. The van der Waals surface area contributed by atoms with Crippen LogP contribution in [0.15, 0.2) is 53.4 Å². The Balaban J connectivity index is 1.50. The summed E-state index contributed by atoms with van der Waals surface area (Å²) in [6, 6.07) is 14.3. The van der Waals surface area contributed by atoms with Crippen molar-refractivity contribution < 1.29 is 18.0 Å². The number of piperazine rings is 1. The molecule has 0 aromatic heterocycles. The third-order valence-corrected chi connectivity index (χ3v) is 8.08. The van der Waals surface area contributed by atoms with Crippen molar-refractivity contribution in [2.24, 2.45) is 0 Å². The van der Waals surface area contributed by atoms with Crippen LogP contribution < -0.4 is 5.32 Å². The van der Waals surface area contributed by atoms with Crippen molar-refractivity contribution in [2.75, 3.05) is 51.1 Å². The van der Waals surface area contributed by atoms with Crippen molar-refractivity contribution in [1.82, 2.24) is 14.1 Å². The largest absolute Gasteiger partial charge is 0.340 e. The average Bonchev–Trinajstić information content (AvgIpc) is 2.81. The average molecular weight is 487 g/mol. The molecule has 1 aliphatic heterocycles. The van der Waals surface area contributed by atoms with Crippen LogP contribution in [0.1, 0.15) is 25.0 Å². The van der Waals surface area contributed by atoms with Gasteiger partial charge >= 0.3 is 0 Å². The molecule has 0 atom stereocenters. The zero-order chi connectivity index (χ0) is 24.7. The summed E-state index contributed by atoms with van der Waals surface area (Å²) in [5, 5.41) is 2.80. The third kappa shape index (κ3) is 6.65. The SMILES string of the molecule is CCN(CC)S(=O)(=O)c1cccc(NC(=O)CN2CCN(C(=O)Cc3ccc(C)cc3)CC2)c1. The van der Waals surface area contributed by atoms with E-state index in [4.69, 9.17) is 0 Å². The molecule has 0 spiro atoms. The molecule has 184 valence electrons. The Hall–Kier alpha value is -2.75. The number of nitrogens with zero attached hydrogens (tertiary/aromatic N) is 3. The molecule has 1 fully saturated rings. The first-order valence-corrected chi connectivity index (χ1v) is 13.1. The topological polar surface area (TPSA) is 90.0 Å². The number of anilines is 1. The van der Waals surface area contributed by atoms with Gasteiger partial charge in [0, 0.05) is 45.0 Å². The van der Waals surface area contributed by atoms with Crippen LogP contribution in [0.25, 0.3) is 0 Å². The Kier molecular flexibility index (Phi) is 8.82. The highest BCUT2D eigenvalue weighted by atomic mass is 32.2. The smallest absolute Gasteiger partial charge is 0.243 e. The molecule has 34 heavy (non-hydrogen) atoms. The Labute approximate surface area is 202 Å². The van der Waals surface area contributed by atoms with Gasteiger partial charge in [-0.2, -0.15) is 4.31 Å². The zero-order valence-electron chi connectivity index (χ0n) is 20.2. The third-order valence-electron chi connectivity index (χ3n) is 6.03. The van der Waals surface area contributed by atoms with Crippen LogP contribution in [0.3, 0.4) is 0 Å². The van der Waals surface area contributed by atoms with Gasteiger partial charge < -0.3 is 10.2 Å². The molecule has 3 rings (SSSR count). The number of nitrogens with one attached hydrogen (secondary N) is 1. The number of aryl methyl sites for hydroxylation is 1. The lowest BCUT2D eigenvalue weighted by atomic mass is 10.1. The Bertz CT molecular complexity index is 1090. The van der Waals surface area contributed by atoms with Gasteiger partial charge in [-0.15, -0.1) is 0 Å². The summed E-state index contributed by atoms with van der Waals surface area (Å²) in [5.74, 6) is -0.115. The van der Waals surface area contributed by atoms with E-state index in [2.05, 4.69) is 5.32 Å². The van der Waals surface area contributed by atoms with Crippen LogP contribution in [0.4, 0.5) is 5.69 Å². The van der Waals surface area contributed by atoms with Gasteiger partial charge in [0.25, 0.3) is 0 Å². The lowest BCUT2D eigenvalue weighted by Gasteiger charge is -2.34. The minimum absolute atomic E-state index is 0.0965. The lowest BCUT2D eigenvalue weighted by Crippen LogP contribution is -2.50. The number of rotatable bonds is 9. The first-order chi connectivity index (χ1) is 16.2. The molecule has 1 N–H and O–H groups in total. The molecule has 0 radical (unpaired) electrons. The number of amides is 2. The molecule has 0 saturated carbocycles. The number of benzene rings is 2. The monoisotopic (exact) mass is 486 g/mol. The molecule has 9 heteroatoms. The standard InChI is InChI=1S/C25H34N4O4S/c1-4-29(5-2)34(32,33)23-8-6-7-22(18-23)26-24(30)19-27-13-15-28(16-14-27)25(31)17-21-11-9-20(3)10-12-21/h6-12,18H,4-5,13-17,19H2,1-3H3,(H,26,30). The first kappa shape index (κ1) is 25.9. The van der Waals surface area contributed by atoms with Gasteiger partial charge in [-0.1, -0.05) is 49.7 Å². The second-order valence-corrected chi connectivity index (χ2v) is 10.4. The maximum atomic E-state index is 12.7. The van der Waals surface area contributed by atoms with E-state index in [0.29, 0.717) is 51.4 Å². The molecular weight excluding hydrogens is 452 g/mol. The summed E-state index contributed by atoms with van der Waals surface area (Å²) in [6.07, 6.45) is 0.382. The Morgan fingerprint density at radius 3 is 2.24 bits per heavy atom.